The van der Waals surface area contributed by atoms with Gasteiger partial charge < -0.3 is 10.6 Å². The van der Waals surface area contributed by atoms with Gasteiger partial charge in [0.05, 0.1) is 12.2 Å². The van der Waals surface area contributed by atoms with Gasteiger partial charge in [-0.05, 0) is 37.1 Å². The highest BCUT2D eigenvalue weighted by molar-refractivity contribution is 5.96. The number of benzene rings is 1. The van der Waals surface area contributed by atoms with Crippen LogP contribution in [0.15, 0.2) is 36.9 Å². The summed E-state index contributed by atoms with van der Waals surface area (Å²) in [7, 11) is 0. The van der Waals surface area contributed by atoms with Gasteiger partial charge >= 0.3 is 0 Å². The van der Waals surface area contributed by atoms with Crippen LogP contribution in [0, 0.1) is 0 Å². The van der Waals surface area contributed by atoms with E-state index in [-0.39, 0.29) is 18.4 Å². The molecule has 0 radical (unpaired) electrons. The van der Waals surface area contributed by atoms with Crippen molar-refractivity contribution < 1.29 is 9.59 Å². The van der Waals surface area contributed by atoms with E-state index in [1.807, 2.05) is 0 Å². The van der Waals surface area contributed by atoms with E-state index >= 15 is 0 Å². The van der Waals surface area contributed by atoms with Crippen molar-refractivity contribution in [3.63, 3.8) is 0 Å². The Morgan fingerprint density at radius 3 is 2.62 bits per heavy atom. The monoisotopic (exact) mass is 285 g/mol. The summed E-state index contributed by atoms with van der Waals surface area (Å²) < 4.78 is 1.60. The molecule has 0 atom stereocenters. The first-order valence-corrected chi connectivity index (χ1v) is 6.75. The van der Waals surface area contributed by atoms with Crippen molar-refractivity contribution in [1.29, 1.82) is 0 Å². The summed E-state index contributed by atoms with van der Waals surface area (Å²) in [6.45, 7) is 0.000160. The molecule has 2 N–H and O–H groups in total. The summed E-state index contributed by atoms with van der Waals surface area (Å²) in [6.07, 6.45) is 5.09. The van der Waals surface area contributed by atoms with Crippen LogP contribution in [0.2, 0.25) is 0 Å². The fourth-order valence-corrected chi connectivity index (χ4v) is 1.88. The van der Waals surface area contributed by atoms with Gasteiger partial charge in [0.25, 0.3) is 5.91 Å². The van der Waals surface area contributed by atoms with Crippen LogP contribution in [0.3, 0.4) is 0 Å². The second-order valence-corrected chi connectivity index (χ2v) is 4.91. The number of carbonyl (C=O) groups excluding carboxylic acids is 2. The molecule has 1 heterocycles. The predicted octanol–water partition coefficient (Wildman–Crippen LogP) is 0.276. The maximum absolute atomic E-state index is 11.9. The SMILES string of the molecule is O=C(CNC(=O)c1ccc(-n2cncn2)cc1)NC1CC1. The van der Waals surface area contributed by atoms with Gasteiger partial charge in [0.2, 0.25) is 5.91 Å². The lowest BCUT2D eigenvalue weighted by atomic mass is 10.2. The Kier molecular flexibility index (Phi) is 3.63. The molecule has 0 bridgehead atoms. The number of amides is 2. The van der Waals surface area contributed by atoms with E-state index in [9.17, 15) is 9.59 Å². The van der Waals surface area contributed by atoms with E-state index in [1.165, 1.54) is 6.33 Å². The lowest BCUT2D eigenvalue weighted by Gasteiger charge is -2.06. The third-order valence-electron chi connectivity index (χ3n) is 3.16. The van der Waals surface area contributed by atoms with E-state index < -0.39 is 0 Å². The number of hydrogen-bond acceptors (Lipinski definition) is 4. The maximum atomic E-state index is 11.9. The molecule has 1 aromatic carbocycles. The number of carbonyl (C=O) groups is 2. The first-order chi connectivity index (χ1) is 10.2. The standard InChI is InChI=1S/C14H15N5O2/c20-13(18-11-3-4-11)7-16-14(21)10-1-5-12(6-2-10)19-9-15-8-17-19/h1-2,5-6,8-9,11H,3-4,7H2,(H,16,21)(H,18,20). The molecule has 1 aliphatic rings. The van der Waals surface area contributed by atoms with Crippen LogP contribution in [0.1, 0.15) is 23.2 Å². The van der Waals surface area contributed by atoms with Crippen molar-refractivity contribution in [3.05, 3.63) is 42.5 Å². The summed E-state index contributed by atoms with van der Waals surface area (Å²) in [5, 5.41) is 9.42. The Labute approximate surface area is 121 Å². The minimum Gasteiger partial charge on any atom is -0.352 e. The molecule has 2 aromatic rings. The van der Waals surface area contributed by atoms with Crippen LogP contribution in [0.5, 0.6) is 0 Å². The second kappa shape index (κ2) is 5.74. The molecule has 0 unspecified atom stereocenters. The van der Waals surface area contributed by atoms with Gasteiger partial charge in [-0.25, -0.2) is 9.67 Å². The lowest BCUT2D eigenvalue weighted by Crippen LogP contribution is -2.37. The largest absolute Gasteiger partial charge is 0.352 e. The highest BCUT2D eigenvalue weighted by Gasteiger charge is 2.23. The van der Waals surface area contributed by atoms with Gasteiger partial charge in [0.1, 0.15) is 12.7 Å². The zero-order valence-corrected chi connectivity index (χ0v) is 11.3. The normalized spacial score (nSPS) is 13.7. The van der Waals surface area contributed by atoms with E-state index in [4.69, 9.17) is 0 Å². The van der Waals surface area contributed by atoms with Gasteiger partial charge in [0, 0.05) is 11.6 Å². The molecular formula is C14H15N5O2. The molecule has 1 fully saturated rings. The molecule has 2 amide bonds. The van der Waals surface area contributed by atoms with Crippen LogP contribution in [-0.2, 0) is 4.79 Å². The second-order valence-electron chi connectivity index (χ2n) is 4.91. The van der Waals surface area contributed by atoms with E-state index in [0.717, 1.165) is 18.5 Å². The zero-order chi connectivity index (χ0) is 14.7. The van der Waals surface area contributed by atoms with Gasteiger partial charge in [-0.3, -0.25) is 9.59 Å². The third kappa shape index (κ3) is 3.44. The van der Waals surface area contributed by atoms with Crippen LogP contribution in [-0.4, -0.2) is 39.2 Å². The topological polar surface area (TPSA) is 88.9 Å². The summed E-state index contributed by atoms with van der Waals surface area (Å²) in [5.74, 6) is -0.420. The summed E-state index contributed by atoms with van der Waals surface area (Å²) in [5.41, 5.74) is 1.31. The van der Waals surface area contributed by atoms with Gasteiger partial charge in [-0.1, -0.05) is 0 Å². The lowest BCUT2D eigenvalue weighted by molar-refractivity contribution is -0.120. The summed E-state index contributed by atoms with van der Waals surface area (Å²) in [6, 6.07) is 7.22. The van der Waals surface area contributed by atoms with E-state index in [1.54, 1.807) is 35.3 Å². The molecule has 108 valence electrons. The van der Waals surface area contributed by atoms with Crippen molar-refractivity contribution in [3.8, 4) is 5.69 Å². The fraction of sp³-hybridized carbons (Fsp3) is 0.286. The Hall–Kier alpha value is -2.70. The van der Waals surface area contributed by atoms with Crippen molar-refractivity contribution in [2.75, 3.05) is 6.54 Å². The number of aromatic nitrogens is 3. The third-order valence-corrected chi connectivity index (χ3v) is 3.16. The average molecular weight is 285 g/mol. The molecule has 0 spiro atoms. The van der Waals surface area contributed by atoms with Crippen molar-refractivity contribution in [1.82, 2.24) is 25.4 Å². The molecule has 7 heteroatoms. The minimum absolute atomic E-state index is 0.000160. The van der Waals surface area contributed by atoms with Crippen molar-refractivity contribution in [2.45, 2.75) is 18.9 Å². The summed E-state index contributed by atoms with van der Waals surface area (Å²) in [4.78, 5) is 27.3. The Bertz CT molecular complexity index is 632. The Morgan fingerprint density at radius 1 is 1.24 bits per heavy atom. The van der Waals surface area contributed by atoms with Crippen LogP contribution < -0.4 is 10.6 Å². The predicted molar refractivity (Wildman–Crippen MR) is 74.9 cm³/mol. The molecule has 21 heavy (non-hydrogen) atoms. The van der Waals surface area contributed by atoms with Crippen molar-refractivity contribution >= 4 is 11.8 Å². The minimum atomic E-state index is -0.272. The Morgan fingerprint density at radius 2 is 2.00 bits per heavy atom. The number of rotatable bonds is 5. The number of nitrogens with one attached hydrogen (secondary N) is 2. The van der Waals surface area contributed by atoms with Gasteiger partial charge in [-0.2, -0.15) is 5.10 Å². The Balaban J connectivity index is 1.55. The zero-order valence-electron chi connectivity index (χ0n) is 11.3. The quantitative estimate of drug-likeness (QED) is 0.825. The highest BCUT2D eigenvalue weighted by atomic mass is 16.2. The van der Waals surface area contributed by atoms with Crippen LogP contribution in [0.25, 0.3) is 5.69 Å². The van der Waals surface area contributed by atoms with Gasteiger partial charge in [-0.15, -0.1) is 0 Å². The van der Waals surface area contributed by atoms with Crippen LogP contribution in [0.4, 0.5) is 0 Å². The number of nitrogens with zero attached hydrogens (tertiary/aromatic N) is 3. The molecule has 0 aliphatic heterocycles. The smallest absolute Gasteiger partial charge is 0.251 e. The fourth-order valence-electron chi connectivity index (χ4n) is 1.88. The van der Waals surface area contributed by atoms with Crippen molar-refractivity contribution in [2.24, 2.45) is 0 Å². The summed E-state index contributed by atoms with van der Waals surface area (Å²) >= 11 is 0. The number of hydrogen-bond donors (Lipinski definition) is 2. The molecule has 1 saturated carbocycles. The first kappa shape index (κ1) is 13.3. The molecule has 1 aromatic heterocycles. The average Bonchev–Trinajstić information content (AvgIpc) is 3.15. The van der Waals surface area contributed by atoms with E-state index in [0.29, 0.717) is 11.6 Å². The van der Waals surface area contributed by atoms with E-state index in [2.05, 4.69) is 20.7 Å². The van der Waals surface area contributed by atoms with Crippen LogP contribution >= 0.6 is 0 Å². The molecule has 0 saturated heterocycles. The maximum Gasteiger partial charge on any atom is 0.251 e. The van der Waals surface area contributed by atoms with Gasteiger partial charge in [0.15, 0.2) is 0 Å². The molecule has 7 nitrogen and oxygen atoms in total. The molecule has 3 rings (SSSR count). The molecule has 1 aliphatic carbocycles. The first-order valence-electron chi connectivity index (χ1n) is 6.75. The highest BCUT2D eigenvalue weighted by Crippen LogP contribution is 2.18. The molecular weight excluding hydrogens is 270 g/mol.